The fourth-order valence-electron chi connectivity index (χ4n) is 2.73. The van der Waals surface area contributed by atoms with Crippen molar-refractivity contribution in [2.75, 3.05) is 11.9 Å². The van der Waals surface area contributed by atoms with Crippen molar-refractivity contribution in [2.45, 2.75) is 6.10 Å². The van der Waals surface area contributed by atoms with Gasteiger partial charge in [-0.3, -0.25) is 25.2 Å². The van der Waals surface area contributed by atoms with Crippen molar-refractivity contribution in [3.05, 3.63) is 76.5 Å². The Morgan fingerprint density at radius 1 is 0.867 bits per heavy atom. The van der Waals surface area contributed by atoms with Gasteiger partial charge in [0.2, 0.25) is 6.10 Å². The summed E-state index contributed by atoms with van der Waals surface area (Å²) in [6, 6.07) is 16.9. The van der Waals surface area contributed by atoms with E-state index in [0.717, 1.165) is 0 Å². The maximum atomic E-state index is 12.3. The summed E-state index contributed by atoms with van der Waals surface area (Å²) in [7, 11) is 0. The lowest BCUT2D eigenvalue weighted by atomic mass is 10.2. The van der Waals surface area contributed by atoms with Crippen LogP contribution in [-0.2, 0) is 4.79 Å². The molecule has 0 spiro atoms. The minimum absolute atomic E-state index is 0.0390. The van der Waals surface area contributed by atoms with E-state index in [4.69, 9.17) is 9.47 Å². The Morgan fingerprint density at radius 3 is 2.37 bits per heavy atom. The molecular formula is C21H17N3O5S. The van der Waals surface area contributed by atoms with Crippen molar-refractivity contribution in [1.29, 1.82) is 0 Å². The van der Waals surface area contributed by atoms with E-state index in [1.54, 1.807) is 54.6 Å². The molecule has 1 aliphatic rings. The molecule has 0 aliphatic carbocycles. The number of hydrogen-bond acceptors (Lipinski definition) is 6. The van der Waals surface area contributed by atoms with E-state index < -0.39 is 17.9 Å². The molecule has 0 bridgehead atoms. The zero-order chi connectivity index (χ0) is 20.9. The molecule has 2 heterocycles. The monoisotopic (exact) mass is 423 g/mol. The Morgan fingerprint density at radius 2 is 1.63 bits per heavy atom. The molecule has 1 unspecified atom stereocenters. The number of benzene rings is 2. The molecular weight excluding hydrogens is 406 g/mol. The number of para-hydroxylation sites is 2. The van der Waals surface area contributed by atoms with Gasteiger partial charge in [0.25, 0.3) is 17.7 Å². The zero-order valence-electron chi connectivity index (χ0n) is 15.6. The molecule has 3 amide bonds. The molecule has 30 heavy (non-hydrogen) atoms. The number of hydrogen-bond donors (Lipinski definition) is 3. The van der Waals surface area contributed by atoms with Crippen molar-refractivity contribution in [2.24, 2.45) is 0 Å². The van der Waals surface area contributed by atoms with Gasteiger partial charge in [-0.1, -0.05) is 18.2 Å². The van der Waals surface area contributed by atoms with Crippen molar-refractivity contribution in [3.63, 3.8) is 0 Å². The largest absolute Gasteiger partial charge is 0.485 e. The second kappa shape index (κ2) is 8.66. The van der Waals surface area contributed by atoms with Gasteiger partial charge in [0, 0.05) is 11.3 Å². The van der Waals surface area contributed by atoms with E-state index >= 15 is 0 Å². The Balaban J connectivity index is 1.29. The highest BCUT2D eigenvalue weighted by Gasteiger charge is 2.27. The molecule has 152 valence electrons. The Hall–Kier alpha value is -3.85. The van der Waals surface area contributed by atoms with Gasteiger partial charge in [-0.2, -0.15) is 0 Å². The van der Waals surface area contributed by atoms with Crippen LogP contribution in [0.5, 0.6) is 11.5 Å². The van der Waals surface area contributed by atoms with Crippen molar-refractivity contribution < 1.29 is 23.9 Å². The number of hydrazine groups is 1. The summed E-state index contributed by atoms with van der Waals surface area (Å²) in [5.41, 5.74) is 5.55. The third-order valence-corrected chi connectivity index (χ3v) is 5.12. The minimum atomic E-state index is -0.880. The highest BCUT2D eigenvalue weighted by molar-refractivity contribution is 7.12. The normalized spacial score (nSPS) is 14.5. The molecule has 0 saturated heterocycles. The number of fused-ring (bicyclic) bond motifs is 1. The molecule has 1 aromatic heterocycles. The molecule has 2 aromatic carbocycles. The highest BCUT2D eigenvalue weighted by Crippen LogP contribution is 2.30. The van der Waals surface area contributed by atoms with Crippen LogP contribution in [0, 0.1) is 0 Å². The number of carbonyl (C=O) groups is 3. The maximum Gasteiger partial charge on any atom is 0.283 e. The van der Waals surface area contributed by atoms with Crippen LogP contribution in [0.25, 0.3) is 0 Å². The summed E-state index contributed by atoms with van der Waals surface area (Å²) in [4.78, 5) is 37.2. The van der Waals surface area contributed by atoms with Gasteiger partial charge in [-0.15, -0.1) is 11.3 Å². The molecule has 0 fully saturated rings. The quantitative estimate of drug-likeness (QED) is 0.560. The lowest BCUT2D eigenvalue weighted by Crippen LogP contribution is -2.50. The van der Waals surface area contributed by atoms with Gasteiger partial charge in [0.05, 0.1) is 4.88 Å². The third kappa shape index (κ3) is 4.41. The summed E-state index contributed by atoms with van der Waals surface area (Å²) in [5, 5.41) is 4.57. The predicted molar refractivity (Wildman–Crippen MR) is 111 cm³/mol. The fourth-order valence-corrected chi connectivity index (χ4v) is 3.34. The molecule has 8 nitrogen and oxygen atoms in total. The highest BCUT2D eigenvalue weighted by atomic mass is 32.1. The number of rotatable bonds is 4. The average molecular weight is 423 g/mol. The summed E-state index contributed by atoms with van der Waals surface area (Å²) >= 11 is 1.34. The first-order valence-corrected chi connectivity index (χ1v) is 9.92. The number of ether oxygens (including phenoxy) is 2. The van der Waals surface area contributed by atoms with E-state index in [2.05, 4.69) is 16.2 Å². The van der Waals surface area contributed by atoms with Crippen LogP contribution in [0.4, 0.5) is 5.69 Å². The van der Waals surface area contributed by atoms with Gasteiger partial charge < -0.3 is 14.8 Å². The van der Waals surface area contributed by atoms with E-state index in [9.17, 15) is 14.4 Å². The summed E-state index contributed by atoms with van der Waals surface area (Å²) < 4.78 is 11.1. The molecule has 1 atom stereocenters. The summed E-state index contributed by atoms with van der Waals surface area (Å²) in [5.74, 6) is -0.215. The van der Waals surface area contributed by atoms with E-state index in [0.29, 0.717) is 27.6 Å². The van der Waals surface area contributed by atoms with Crippen LogP contribution in [-0.4, -0.2) is 30.4 Å². The van der Waals surface area contributed by atoms with Crippen LogP contribution >= 0.6 is 11.3 Å². The fraction of sp³-hybridized carbons (Fsp3) is 0.0952. The van der Waals surface area contributed by atoms with Crippen LogP contribution < -0.4 is 25.6 Å². The number of amides is 3. The van der Waals surface area contributed by atoms with Gasteiger partial charge in [0.15, 0.2) is 11.5 Å². The minimum Gasteiger partial charge on any atom is -0.485 e. The third-order valence-electron chi connectivity index (χ3n) is 4.25. The molecule has 1 aliphatic heterocycles. The number of carbonyl (C=O) groups excluding carboxylic acids is 3. The standard InChI is InChI=1S/C21H17N3O5S/c25-19(13-7-9-14(10-8-13)22-21(27)18-6-3-11-30-18)23-24-20(26)17-12-28-15-4-1-2-5-16(15)29-17/h1-11,17H,12H2,(H,22,27)(H,23,25)(H,24,26). The lowest BCUT2D eigenvalue weighted by molar-refractivity contribution is -0.131. The summed E-state index contributed by atoms with van der Waals surface area (Å²) in [6.07, 6.45) is -0.880. The summed E-state index contributed by atoms with van der Waals surface area (Å²) in [6.45, 7) is 0.0390. The molecule has 9 heteroatoms. The smallest absolute Gasteiger partial charge is 0.283 e. The van der Waals surface area contributed by atoms with Gasteiger partial charge in [-0.05, 0) is 47.8 Å². The topological polar surface area (TPSA) is 106 Å². The number of thiophene rings is 1. The SMILES string of the molecule is O=C(NNC(=O)C1COc2ccccc2O1)c1ccc(NC(=O)c2cccs2)cc1. The van der Waals surface area contributed by atoms with Crippen LogP contribution in [0.3, 0.4) is 0 Å². The molecule has 0 radical (unpaired) electrons. The first-order valence-electron chi connectivity index (χ1n) is 9.04. The van der Waals surface area contributed by atoms with Crippen molar-refractivity contribution >= 4 is 34.7 Å². The first kappa shape index (κ1) is 19.5. The number of anilines is 1. The number of nitrogens with one attached hydrogen (secondary N) is 3. The van der Waals surface area contributed by atoms with Gasteiger partial charge in [0.1, 0.15) is 6.61 Å². The average Bonchev–Trinajstić information content (AvgIpc) is 3.32. The van der Waals surface area contributed by atoms with Crippen molar-refractivity contribution in [3.8, 4) is 11.5 Å². The zero-order valence-corrected chi connectivity index (χ0v) is 16.4. The van der Waals surface area contributed by atoms with E-state index in [-0.39, 0.29) is 12.5 Å². The molecule has 4 rings (SSSR count). The lowest BCUT2D eigenvalue weighted by Gasteiger charge is -2.25. The van der Waals surface area contributed by atoms with Crippen LogP contribution in [0.2, 0.25) is 0 Å². The Labute approximate surface area is 175 Å². The van der Waals surface area contributed by atoms with Crippen LogP contribution in [0.15, 0.2) is 66.0 Å². The van der Waals surface area contributed by atoms with Gasteiger partial charge >= 0.3 is 0 Å². The van der Waals surface area contributed by atoms with E-state index in [1.165, 1.54) is 11.3 Å². The second-order valence-electron chi connectivity index (χ2n) is 6.32. The maximum absolute atomic E-state index is 12.3. The van der Waals surface area contributed by atoms with E-state index in [1.807, 2.05) is 11.4 Å². The van der Waals surface area contributed by atoms with Gasteiger partial charge in [-0.25, -0.2) is 0 Å². The Bertz CT molecular complexity index is 1070. The second-order valence-corrected chi connectivity index (χ2v) is 7.26. The molecule has 3 aromatic rings. The van der Waals surface area contributed by atoms with Crippen LogP contribution in [0.1, 0.15) is 20.0 Å². The first-order chi connectivity index (χ1) is 14.6. The Kier molecular flexibility index (Phi) is 5.62. The molecule has 0 saturated carbocycles. The van der Waals surface area contributed by atoms with Crippen molar-refractivity contribution in [1.82, 2.24) is 10.9 Å². The molecule has 3 N–H and O–H groups in total. The predicted octanol–water partition coefficient (Wildman–Crippen LogP) is 2.60.